The Morgan fingerprint density at radius 1 is 0.963 bits per heavy atom. The normalized spacial score (nSPS) is 18.5. The van der Waals surface area contributed by atoms with Gasteiger partial charge in [-0.15, -0.1) is 0 Å². The fourth-order valence-electron chi connectivity index (χ4n) is 1.80. The molecule has 1 saturated heterocycles. The predicted octanol–water partition coefficient (Wildman–Crippen LogP) is 1.13. The summed E-state index contributed by atoms with van der Waals surface area (Å²) < 4.78 is 116. The molecule has 0 radical (unpaired) electrons. The number of halogens is 6. The molecule has 0 aromatic heterocycles. The molecule has 0 aromatic carbocycles. The van der Waals surface area contributed by atoms with Gasteiger partial charge in [0, 0.05) is 19.7 Å². The fourth-order valence-corrected chi connectivity index (χ4v) is 3.51. The van der Waals surface area contributed by atoms with Gasteiger partial charge < -0.3 is 18.7 Å². The van der Waals surface area contributed by atoms with Crippen LogP contribution in [-0.2, 0) is 24.8 Å². The molecule has 0 unspecified atom stereocenters. The summed E-state index contributed by atoms with van der Waals surface area (Å²) in [6, 6.07) is 0. The van der Waals surface area contributed by atoms with Crippen molar-refractivity contribution in [1.82, 2.24) is 5.32 Å². The molecule has 16 heteroatoms. The van der Waals surface area contributed by atoms with Crippen molar-refractivity contribution in [2.24, 2.45) is 0 Å². The van der Waals surface area contributed by atoms with E-state index < -0.39 is 31.1 Å². The van der Waals surface area contributed by atoms with Gasteiger partial charge in [0.25, 0.3) is 0 Å². The molecule has 0 spiro atoms. The third-order valence-corrected chi connectivity index (χ3v) is 6.16. The number of rotatable bonds is 6. The van der Waals surface area contributed by atoms with Crippen molar-refractivity contribution < 1.29 is 52.4 Å². The van der Waals surface area contributed by atoms with Crippen LogP contribution in [0.1, 0.15) is 6.92 Å². The highest BCUT2D eigenvalue weighted by atomic mass is 32.3. The van der Waals surface area contributed by atoms with E-state index in [9.17, 15) is 43.2 Å². The number of likely N-dealkylation sites (N-methyl/N-ethyl adjacent to an activating group) is 1. The van der Waals surface area contributed by atoms with Crippen LogP contribution in [0.2, 0.25) is 0 Å². The third kappa shape index (κ3) is 8.91. The maximum atomic E-state index is 11.4. The van der Waals surface area contributed by atoms with Crippen LogP contribution in [0.5, 0.6) is 0 Å². The highest BCUT2D eigenvalue weighted by molar-refractivity contribution is 8.13. The zero-order chi connectivity index (χ0) is 21.6. The Bertz CT molecular complexity index is 615. The Morgan fingerprint density at radius 3 is 1.70 bits per heavy atom. The summed E-state index contributed by atoms with van der Waals surface area (Å²) in [7, 11) is -11.1. The second kappa shape index (κ2) is 9.69. The molecule has 1 aliphatic heterocycles. The van der Waals surface area contributed by atoms with E-state index in [1.165, 1.54) is 17.6 Å². The van der Waals surface area contributed by atoms with Crippen molar-refractivity contribution in [2.75, 3.05) is 53.0 Å². The first-order valence-corrected chi connectivity index (χ1v) is 10.3. The second-order valence-electron chi connectivity index (χ2n) is 5.65. The molecule has 1 rings (SSSR count). The van der Waals surface area contributed by atoms with Gasteiger partial charge in [-0.1, -0.05) is 0 Å². The standard InChI is InChI=1S/C9H21N2O.C2F6NO4S2/c1-3-12-9-8-11(2)6-4-10-5-7-11;3-1(4,5)14(10,11)9-15(12,13)2(6,7)8/h10H,3-9H2,1-2H3;/q+1;-1. The van der Waals surface area contributed by atoms with Crippen LogP contribution in [0.15, 0.2) is 0 Å². The molecular weight excluding hydrogens is 432 g/mol. The molecule has 1 aliphatic rings. The Kier molecular flexibility index (Phi) is 9.44. The maximum Gasteiger partial charge on any atom is 0.480 e. The van der Waals surface area contributed by atoms with Crippen molar-refractivity contribution in [3.8, 4) is 0 Å². The van der Waals surface area contributed by atoms with Gasteiger partial charge >= 0.3 is 11.0 Å². The van der Waals surface area contributed by atoms with Gasteiger partial charge in [0.05, 0.1) is 26.7 Å². The Hall–Kier alpha value is -0.680. The SMILES string of the molecule is CCOCC[N+]1(C)CCNCC1.O=S(=O)([N-]S(=O)(=O)C(F)(F)F)C(F)(F)F. The Labute approximate surface area is 153 Å². The fraction of sp³-hybridized carbons (Fsp3) is 1.00. The van der Waals surface area contributed by atoms with Crippen molar-refractivity contribution in [3.63, 3.8) is 0 Å². The second-order valence-corrected chi connectivity index (χ2v) is 9.08. The molecule has 0 aliphatic carbocycles. The molecule has 0 aromatic rings. The highest BCUT2D eigenvalue weighted by Crippen LogP contribution is 2.36. The van der Waals surface area contributed by atoms with E-state index in [1.54, 1.807) is 0 Å². The number of sulfonamides is 2. The summed E-state index contributed by atoms with van der Waals surface area (Å²) >= 11 is 0. The van der Waals surface area contributed by atoms with Crippen LogP contribution in [0.4, 0.5) is 26.3 Å². The molecule has 8 nitrogen and oxygen atoms in total. The summed E-state index contributed by atoms with van der Waals surface area (Å²) in [5.74, 6) is 0. The highest BCUT2D eigenvalue weighted by Gasteiger charge is 2.46. The average Bonchev–Trinajstić information content (AvgIpc) is 2.45. The smallest absolute Gasteiger partial charge is 0.421 e. The van der Waals surface area contributed by atoms with Crippen molar-refractivity contribution in [3.05, 3.63) is 4.13 Å². The number of piperazine rings is 1. The number of quaternary nitrogens is 1. The summed E-state index contributed by atoms with van der Waals surface area (Å²) in [5.41, 5.74) is -12.4. The van der Waals surface area contributed by atoms with Gasteiger partial charge in [-0.25, -0.2) is 16.8 Å². The lowest BCUT2D eigenvalue weighted by Gasteiger charge is -2.37. The van der Waals surface area contributed by atoms with Gasteiger partial charge in [0.1, 0.15) is 6.54 Å². The average molecular weight is 453 g/mol. The molecule has 27 heavy (non-hydrogen) atoms. The molecule has 0 amide bonds. The molecule has 0 bridgehead atoms. The monoisotopic (exact) mass is 453 g/mol. The van der Waals surface area contributed by atoms with Crippen LogP contribution >= 0.6 is 0 Å². The van der Waals surface area contributed by atoms with Crippen molar-refractivity contribution >= 4 is 20.0 Å². The van der Waals surface area contributed by atoms with E-state index in [4.69, 9.17) is 4.74 Å². The Balaban J connectivity index is 0.000000511. The summed E-state index contributed by atoms with van der Waals surface area (Å²) in [4.78, 5) is 0. The van der Waals surface area contributed by atoms with Crippen LogP contribution in [0.3, 0.4) is 0 Å². The van der Waals surface area contributed by atoms with Crippen molar-refractivity contribution in [1.29, 1.82) is 0 Å². The van der Waals surface area contributed by atoms with Gasteiger partial charge in [-0.05, 0) is 6.92 Å². The number of alkyl halides is 6. The number of hydrogen-bond acceptors (Lipinski definition) is 6. The lowest BCUT2D eigenvalue weighted by Crippen LogP contribution is -2.57. The lowest BCUT2D eigenvalue weighted by atomic mass is 10.3. The quantitative estimate of drug-likeness (QED) is 0.368. The molecule has 1 heterocycles. The topological polar surface area (TPSA) is 104 Å². The number of ether oxygens (including phenoxy) is 1. The minimum atomic E-state index is -6.72. The van der Waals surface area contributed by atoms with E-state index in [2.05, 4.69) is 19.3 Å². The number of nitrogens with one attached hydrogen (secondary N) is 1. The zero-order valence-electron chi connectivity index (χ0n) is 14.5. The van der Waals surface area contributed by atoms with E-state index in [-0.39, 0.29) is 0 Å². The first kappa shape index (κ1) is 26.3. The van der Waals surface area contributed by atoms with Crippen LogP contribution in [-0.4, -0.2) is 85.3 Å². The van der Waals surface area contributed by atoms with Crippen LogP contribution in [0.25, 0.3) is 4.13 Å². The molecule has 0 saturated carbocycles. The van der Waals surface area contributed by atoms with Gasteiger partial charge in [-0.3, -0.25) is 0 Å². The molecule has 1 fully saturated rings. The van der Waals surface area contributed by atoms with Crippen LogP contribution < -0.4 is 5.32 Å². The van der Waals surface area contributed by atoms with Gasteiger partial charge in [0.15, 0.2) is 20.0 Å². The van der Waals surface area contributed by atoms with E-state index in [0.717, 1.165) is 37.0 Å². The minimum Gasteiger partial charge on any atom is -0.421 e. The lowest BCUT2D eigenvalue weighted by molar-refractivity contribution is -0.911. The molecule has 0 atom stereocenters. The summed E-state index contributed by atoms with van der Waals surface area (Å²) in [6.07, 6.45) is 0. The van der Waals surface area contributed by atoms with Gasteiger partial charge in [-0.2, -0.15) is 26.3 Å². The first-order valence-electron chi connectivity index (χ1n) is 7.46. The van der Waals surface area contributed by atoms with E-state index >= 15 is 0 Å². The summed E-state index contributed by atoms with van der Waals surface area (Å²) in [6.45, 7) is 9.77. The molecule has 1 N–H and O–H groups in total. The van der Waals surface area contributed by atoms with Crippen LogP contribution in [0, 0.1) is 0 Å². The van der Waals surface area contributed by atoms with Crippen molar-refractivity contribution in [2.45, 2.75) is 17.9 Å². The largest absolute Gasteiger partial charge is 0.480 e. The Morgan fingerprint density at radius 2 is 1.37 bits per heavy atom. The predicted molar refractivity (Wildman–Crippen MR) is 83.5 cm³/mol. The minimum absolute atomic E-state index is 0.778. The maximum absolute atomic E-state index is 11.4. The van der Waals surface area contributed by atoms with Gasteiger partial charge in [0.2, 0.25) is 0 Å². The number of nitrogens with zero attached hydrogens (tertiary/aromatic N) is 2. The summed E-state index contributed by atoms with van der Waals surface area (Å²) in [5, 5.41) is 3.37. The number of hydrogen-bond donors (Lipinski definition) is 1. The molecular formula is C11H21F6N3O5S2. The van der Waals surface area contributed by atoms with E-state index in [1.807, 2.05) is 0 Å². The first-order chi connectivity index (χ1) is 12.0. The van der Waals surface area contributed by atoms with E-state index in [0.29, 0.717) is 0 Å². The zero-order valence-corrected chi connectivity index (χ0v) is 16.1. The third-order valence-electron chi connectivity index (χ3n) is 3.42. The molecule has 164 valence electrons.